The number of aromatic nitrogens is 1. The molecule has 1 aliphatic heterocycles. The molecule has 0 unspecified atom stereocenters. The molecule has 0 spiro atoms. The number of carbonyl (C=O) groups excluding carboxylic acids is 2. The average Bonchev–Trinajstić information content (AvgIpc) is 3.03. The Bertz CT molecular complexity index is 1260. The minimum atomic E-state index is -1.00. The Labute approximate surface area is 181 Å². The molecular weight excluding hydrogens is 426 g/mol. The lowest BCUT2D eigenvalue weighted by atomic mass is 10.1. The maximum Gasteiger partial charge on any atom is 0.323 e. The van der Waals surface area contributed by atoms with Crippen LogP contribution < -0.4 is 10.2 Å². The summed E-state index contributed by atoms with van der Waals surface area (Å²) in [6.07, 6.45) is 3.03. The zero-order valence-electron chi connectivity index (χ0n) is 15.3. The number of anilines is 1. The number of nitrogens with one attached hydrogen (secondary N) is 1. The highest BCUT2D eigenvalue weighted by Gasteiger charge is 2.35. The van der Waals surface area contributed by atoms with Crippen LogP contribution in [-0.4, -0.2) is 32.6 Å². The SMILES string of the molecule is O=C(O)Cn1cc(/C=C2\C(=O)NC(=S)N(c3ccccc3Cl)C2=O)c2ccccc21. The summed E-state index contributed by atoms with van der Waals surface area (Å²) in [5, 5.41) is 12.6. The molecule has 2 amide bonds. The Hall–Kier alpha value is -3.49. The highest BCUT2D eigenvalue weighted by Crippen LogP contribution is 2.30. The number of hydrogen-bond acceptors (Lipinski definition) is 4. The van der Waals surface area contributed by atoms with Crippen molar-refractivity contribution in [1.82, 2.24) is 9.88 Å². The fourth-order valence-electron chi connectivity index (χ4n) is 3.33. The molecule has 2 aromatic carbocycles. The van der Waals surface area contributed by atoms with E-state index < -0.39 is 17.8 Å². The largest absolute Gasteiger partial charge is 0.480 e. The zero-order valence-corrected chi connectivity index (χ0v) is 16.9. The van der Waals surface area contributed by atoms with Crippen LogP contribution in [0.2, 0.25) is 5.02 Å². The second-order valence-corrected chi connectivity index (χ2v) is 7.33. The molecule has 4 rings (SSSR count). The number of carbonyl (C=O) groups is 3. The number of benzene rings is 2. The summed E-state index contributed by atoms with van der Waals surface area (Å²) in [4.78, 5) is 38.1. The molecule has 2 heterocycles. The summed E-state index contributed by atoms with van der Waals surface area (Å²) >= 11 is 11.4. The maximum atomic E-state index is 13.2. The number of thiocarbonyl (C=S) groups is 1. The van der Waals surface area contributed by atoms with E-state index in [2.05, 4.69) is 5.32 Å². The van der Waals surface area contributed by atoms with Crippen LogP contribution in [-0.2, 0) is 20.9 Å². The molecule has 1 aliphatic rings. The molecule has 3 aromatic rings. The number of para-hydroxylation sites is 2. The number of fused-ring (bicyclic) bond motifs is 1. The fourth-order valence-corrected chi connectivity index (χ4v) is 3.83. The summed E-state index contributed by atoms with van der Waals surface area (Å²) in [6.45, 7) is -0.250. The number of aliphatic carboxylic acids is 1. The van der Waals surface area contributed by atoms with E-state index >= 15 is 0 Å². The van der Waals surface area contributed by atoms with Crippen LogP contribution in [0.1, 0.15) is 5.56 Å². The van der Waals surface area contributed by atoms with E-state index in [4.69, 9.17) is 28.9 Å². The van der Waals surface area contributed by atoms with E-state index in [1.54, 1.807) is 59.3 Å². The molecule has 0 atom stereocenters. The predicted octanol–water partition coefficient (Wildman–Crippen LogP) is 3.21. The van der Waals surface area contributed by atoms with E-state index in [-0.39, 0.29) is 17.2 Å². The molecule has 2 N–H and O–H groups in total. The highest BCUT2D eigenvalue weighted by molar-refractivity contribution is 7.80. The lowest BCUT2D eigenvalue weighted by molar-refractivity contribution is -0.137. The Morgan fingerprint density at radius 3 is 2.57 bits per heavy atom. The molecule has 7 nitrogen and oxygen atoms in total. The molecule has 1 saturated heterocycles. The number of hydrogen-bond donors (Lipinski definition) is 2. The van der Waals surface area contributed by atoms with Gasteiger partial charge in [-0.3, -0.25) is 24.6 Å². The molecule has 0 radical (unpaired) electrons. The standard InChI is InChI=1S/C21H14ClN3O4S/c22-15-6-2-4-8-17(15)25-20(29)14(19(28)23-21(25)30)9-12-10-24(11-18(26)27)16-7-3-1-5-13(12)16/h1-10H,11H2,(H,26,27)(H,23,28,30)/b14-9+. The quantitative estimate of drug-likeness (QED) is 0.370. The van der Waals surface area contributed by atoms with Gasteiger partial charge in [0.2, 0.25) is 0 Å². The number of amides is 2. The third-order valence-corrected chi connectivity index (χ3v) is 5.22. The smallest absolute Gasteiger partial charge is 0.323 e. The van der Waals surface area contributed by atoms with E-state index in [0.717, 1.165) is 0 Å². The van der Waals surface area contributed by atoms with E-state index in [9.17, 15) is 14.4 Å². The first-order valence-electron chi connectivity index (χ1n) is 8.82. The van der Waals surface area contributed by atoms with Crippen molar-refractivity contribution in [3.05, 3.63) is 70.9 Å². The minimum Gasteiger partial charge on any atom is -0.480 e. The molecule has 0 aliphatic carbocycles. The Kier molecular flexibility index (Phi) is 5.11. The third kappa shape index (κ3) is 3.47. The highest BCUT2D eigenvalue weighted by atomic mass is 35.5. The summed E-state index contributed by atoms with van der Waals surface area (Å²) < 4.78 is 1.55. The lowest BCUT2D eigenvalue weighted by Crippen LogP contribution is -2.54. The van der Waals surface area contributed by atoms with Gasteiger partial charge in [0, 0.05) is 22.7 Å². The van der Waals surface area contributed by atoms with Gasteiger partial charge in [0.1, 0.15) is 12.1 Å². The number of rotatable bonds is 4. The number of halogens is 1. The van der Waals surface area contributed by atoms with Gasteiger partial charge in [-0.15, -0.1) is 0 Å². The van der Waals surface area contributed by atoms with Crippen LogP contribution in [0.15, 0.2) is 60.3 Å². The van der Waals surface area contributed by atoms with Crippen molar-refractivity contribution in [3.63, 3.8) is 0 Å². The fraction of sp³-hybridized carbons (Fsp3) is 0.0476. The second-order valence-electron chi connectivity index (χ2n) is 6.53. The Morgan fingerprint density at radius 2 is 1.83 bits per heavy atom. The van der Waals surface area contributed by atoms with Gasteiger partial charge in [-0.05, 0) is 36.5 Å². The van der Waals surface area contributed by atoms with Gasteiger partial charge in [0.15, 0.2) is 5.11 Å². The van der Waals surface area contributed by atoms with Crippen LogP contribution in [0.5, 0.6) is 0 Å². The van der Waals surface area contributed by atoms with Crippen molar-refractivity contribution in [3.8, 4) is 0 Å². The molecule has 30 heavy (non-hydrogen) atoms. The van der Waals surface area contributed by atoms with E-state index in [0.29, 0.717) is 27.2 Å². The average molecular weight is 440 g/mol. The summed E-state index contributed by atoms with van der Waals surface area (Å²) in [5.74, 6) is -2.26. The van der Waals surface area contributed by atoms with Gasteiger partial charge in [-0.25, -0.2) is 0 Å². The van der Waals surface area contributed by atoms with E-state index in [1.165, 1.54) is 11.0 Å². The summed E-state index contributed by atoms with van der Waals surface area (Å²) in [7, 11) is 0. The first-order chi connectivity index (χ1) is 14.4. The first kappa shape index (κ1) is 19.8. The van der Waals surface area contributed by atoms with Crippen molar-refractivity contribution < 1.29 is 19.5 Å². The second kappa shape index (κ2) is 7.74. The number of nitrogens with zero attached hydrogens (tertiary/aromatic N) is 2. The van der Waals surface area contributed by atoms with Gasteiger partial charge in [0.25, 0.3) is 11.8 Å². The zero-order chi connectivity index (χ0) is 21.4. The Morgan fingerprint density at radius 1 is 1.13 bits per heavy atom. The van der Waals surface area contributed by atoms with Crippen LogP contribution in [0.4, 0.5) is 5.69 Å². The third-order valence-electron chi connectivity index (χ3n) is 4.62. The summed E-state index contributed by atoms with van der Waals surface area (Å²) in [5.41, 5.74) is 1.43. The first-order valence-corrected chi connectivity index (χ1v) is 9.61. The number of carboxylic acid groups (broad SMARTS) is 1. The summed E-state index contributed by atoms with van der Waals surface area (Å²) in [6, 6.07) is 13.8. The molecule has 150 valence electrons. The van der Waals surface area contributed by atoms with E-state index in [1.807, 2.05) is 0 Å². The molecular formula is C21H14ClN3O4S. The minimum absolute atomic E-state index is 0.0662. The van der Waals surface area contributed by atoms with Gasteiger partial charge in [-0.2, -0.15) is 0 Å². The van der Waals surface area contributed by atoms with Gasteiger partial charge in [0.05, 0.1) is 10.7 Å². The monoisotopic (exact) mass is 439 g/mol. The van der Waals surface area contributed by atoms with Gasteiger partial charge in [-0.1, -0.05) is 41.9 Å². The molecule has 9 heteroatoms. The molecule has 1 aromatic heterocycles. The van der Waals surface area contributed by atoms with Gasteiger partial charge < -0.3 is 9.67 Å². The molecule has 1 fully saturated rings. The van der Waals surface area contributed by atoms with Crippen LogP contribution in [0.3, 0.4) is 0 Å². The number of carboxylic acids is 1. The van der Waals surface area contributed by atoms with Crippen molar-refractivity contribution in [2.75, 3.05) is 4.90 Å². The lowest BCUT2D eigenvalue weighted by Gasteiger charge is -2.29. The van der Waals surface area contributed by atoms with Crippen LogP contribution in [0.25, 0.3) is 17.0 Å². The maximum absolute atomic E-state index is 13.2. The van der Waals surface area contributed by atoms with Crippen LogP contribution >= 0.6 is 23.8 Å². The van der Waals surface area contributed by atoms with Crippen molar-refractivity contribution in [2.24, 2.45) is 0 Å². The molecule has 0 saturated carbocycles. The topological polar surface area (TPSA) is 91.6 Å². The van der Waals surface area contributed by atoms with Crippen LogP contribution in [0, 0.1) is 0 Å². The normalized spacial score (nSPS) is 15.7. The van der Waals surface area contributed by atoms with Crippen molar-refractivity contribution >= 4 is 69.4 Å². The van der Waals surface area contributed by atoms with Gasteiger partial charge >= 0.3 is 5.97 Å². The predicted molar refractivity (Wildman–Crippen MR) is 117 cm³/mol. The van der Waals surface area contributed by atoms with Crippen molar-refractivity contribution in [2.45, 2.75) is 6.54 Å². The molecule has 0 bridgehead atoms. The Balaban J connectivity index is 1.82. The van der Waals surface area contributed by atoms with Crippen molar-refractivity contribution in [1.29, 1.82) is 0 Å².